The van der Waals surface area contributed by atoms with E-state index < -0.39 is 6.04 Å². The number of benzene rings is 1. The Morgan fingerprint density at radius 1 is 1.26 bits per heavy atom. The zero-order valence-corrected chi connectivity index (χ0v) is 13.9. The maximum atomic E-state index is 12.1. The smallest absolute Gasteiger partial charge is 0.242 e. The third-order valence-electron chi connectivity index (χ3n) is 3.80. The molecule has 0 aliphatic rings. The zero-order chi connectivity index (χ0) is 16.8. The molecule has 2 aromatic rings. The van der Waals surface area contributed by atoms with Gasteiger partial charge in [0, 0.05) is 17.5 Å². The predicted octanol–water partition coefficient (Wildman–Crippen LogP) is 2.57. The van der Waals surface area contributed by atoms with Crippen molar-refractivity contribution in [2.75, 3.05) is 6.54 Å². The van der Waals surface area contributed by atoms with Crippen molar-refractivity contribution >= 4 is 22.8 Å². The molecule has 2 N–H and O–H groups in total. The highest BCUT2D eigenvalue weighted by Gasteiger charge is 2.16. The van der Waals surface area contributed by atoms with Gasteiger partial charge < -0.3 is 15.1 Å². The number of fused-ring (bicyclic) bond motifs is 1. The van der Waals surface area contributed by atoms with Gasteiger partial charge in [0.2, 0.25) is 11.8 Å². The van der Waals surface area contributed by atoms with Crippen LogP contribution in [-0.4, -0.2) is 24.4 Å². The lowest BCUT2D eigenvalue weighted by Gasteiger charge is -2.13. The minimum atomic E-state index is -0.543. The largest absolute Gasteiger partial charge is 0.464 e. The van der Waals surface area contributed by atoms with Crippen LogP contribution in [0.15, 0.2) is 28.9 Å². The van der Waals surface area contributed by atoms with Crippen LogP contribution in [0.5, 0.6) is 0 Å². The van der Waals surface area contributed by atoms with Gasteiger partial charge in [-0.05, 0) is 31.4 Å². The summed E-state index contributed by atoms with van der Waals surface area (Å²) in [5.74, 6) is -0.351. The van der Waals surface area contributed by atoms with E-state index in [1.807, 2.05) is 25.1 Å². The number of aryl methyl sites for hydroxylation is 1. The summed E-state index contributed by atoms with van der Waals surface area (Å²) in [6, 6.07) is 5.48. The molecule has 0 radical (unpaired) electrons. The highest BCUT2D eigenvalue weighted by atomic mass is 16.3. The van der Waals surface area contributed by atoms with Gasteiger partial charge in [-0.25, -0.2) is 0 Å². The van der Waals surface area contributed by atoms with Crippen molar-refractivity contribution in [2.45, 2.75) is 46.1 Å². The molecule has 0 aliphatic carbocycles. The van der Waals surface area contributed by atoms with Crippen LogP contribution in [0.4, 0.5) is 0 Å². The summed E-state index contributed by atoms with van der Waals surface area (Å²) in [5.41, 5.74) is 2.83. The van der Waals surface area contributed by atoms with Crippen molar-refractivity contribution in [1.29, 1.82) is 0 Å². The van der Waals surface area contributed by atoms with Crippen LogP contribution in [0.3, 0.4) is 0 Å². The summed E-state index contributed by atoms with van der Waals surface area (Å²) in [6.45, 7) is 6.37. The van der Waals surface area contributed by atoms with Crippen LogP contribution < -0.4 is 10.6 Å². The van der Waals surface area contributed by atoms with Crippen molar-refractivity contribution in [3.63, 3.8) is 0 Å². The molecular weight excluding hydrogens is 292 g/mol. The van der Waals surface area contributed by atoms with E-state index in [9.17, 15) is 9.59 Å². The van der Waals surface area contributed by atoms with Crippen molar-refractivity contribution in [3.8, 4) is 0 Å². The molecule has 0 unspecified atom stereocenters. The molecule has 124 valence electrons. The maximum absolute atomic E-state index is 12.1. The first-order chi connectivity index (χ1) is 11.0. The molecule has 0 fully saturated rings. The Kier molecular flexibility index (Phi) is 5.79. The lowest BCUT2D eigenvalue weighted by atomic mass is 10.1. The Morgan fingerprint density at radius 2 is 2.04 bits per heavy atom. The molecular formula is C18H24N2O3. The van der Waals surface area contributed by atoms with Gasteiger partial charge in [0.15, 0.2) is 0 Å². The Hall–Kier alpha value is -2.30. The summed E-state index contributed by atoms with van der Waals surface area (Å²) in [5, 5.41) is 6.43. The number of rotatable bonds is 7. The normalized spacial score (nSPS) is 12.1. The third kappa shape index (κ3) is 4.34. The van der Waals surface area contributed by atoms with Crippen LogP contribution in [0.1, 0.15) is 38.3 Å². The topological polar surface area (TPSA) is 71.3 Å². The number of furan rings is 1. The van der Waals surface area contributed by atoms with Crippen molar-refractivity contribution in [3.05, 3.63) is 35.6 Å². The Bertz CT molecular complexity index is 691. The molecule has 2 amide bonds. The molecule has 0 aliphatic heterocycles. The van der Waals surface area contributed by atoms with E-state index in [-0.39, 0.29) is 18.2 Å². The molecule has 2 rings (SSSR count). The lowest BCUT2D eigenvalue weighted by molar-refractivity contribution is -0.128. The van der Waals surface area contributed by atoms with Crippen molar-refractivity contribution < 1.29 is 14.0 Å². The molecule has 23 heavy (non-hydrogen) atoms. The van der Waals surface area contributed by atoms with Gasteiger partial charge in [-0.3, -0.25) is 9.59 Å². The van der Waals surface area contributed by atoms with Crippen LogP contribution in [0.25, 0.3) is 11.0 Å². The standard InChI is InChI=1S/C18H24N2O3/c1-4-8-19-18(22)12(3)20-17(21)10-14-11-23-16-9-13(5-2)6-7-15(14)16/h6-7,9,11-12H,4-5,8,10H2,1-3H3,(H,19,22)(H,20,21)/t12-/m1/s1. The van der Waals surface area contributed by atoms with Gasteiger partial charge in [0.1, 0.15) is 11.6 Å². The fourth-order valence-corrected chi connectivity index (χ4v) is 2.42. The molecule has 5 nitrogen and oxygen atoms in total. The summed E-state index contributed by atoms with van der Waals surface area (Å²) in [7, 11) is 0. The SMILES string of the molecule is CCCNC(=O)[C@@H](C)NC(=O)Cc1coc2cc(CC)ccc12. The highest BCUT2D eigenvalue weighted by molar-refractivity contribution is 5.91. The van der Waals surface area contributed by atoms with E-state index in [2.05, 4.69) is 17.6 Å². The fourth-order valence-electron chi connectivity index (χ4n) is 2.42. The number of hydrogen-bond donors (Lipinski definition) is 2. The van der Waals surface area contributed by atoms with Crippen LogP contribution >= 0.6 is 0 Å². The average molecular weight is 316 g/mol. The summed E-state index contributed by atoms with van der Waals surface area (Å²) in [4.78, 5) is 23.9. The minimum Gasteiger partial charge on any atom is -0.464 e. The highest BCUT2D eigenvalue weighted by Crippen LogP contribution is 2.23. The number of nitrogens with one attached hydrogen (secondary N) is 2. The number of carbonyl (C=O) groups is 2. The molecule has 0 saturated carbocycles. The Morgan fingerprint density at radius 3 is 2.74 bits per heavy atom. The molecule has 1 aromatic heterocycles. The second-order valence-electron chi connectivity index (χ2n) is 5.70. The summed E-state index contributed by atoms with van der Waals surface area (Å²) < 4.78 is 5.54. The molecule has 1 heterocycles. The van der Waals surface area contributed by atoms with E-state index in [0.29, 0.717) is 6.54 Å². The van der Waals surface area contributed by atoms with E-state index in [0.717, 1.165) is 29.4 Å². The monoisotopic (exact) mass is 316 g/mol. The summed E-state index contributed by atoms with van der Waals surface area (Å²) >= 11 is 0. The second kappa shape index (κ2) is 7.81. The van der Waals surface area contributed by atoms with Crippen molar-refractivity contribution in [1.82, 2.24) is 10.6 Å². The number of hydrogen-bond acceptors (Lipinski definition) is 3. The van der Waals surface area contributed by atoms with Gasteiger partial charge in [-0.2, -0.15) is 0 Å². The minimum absolute atomic E-state index is 0.162. The first-order valence-electron chi connectivity index (χ1n) is 8.11. The average Bonchev–Trinajstić information content (AvgIpc) is 2.94. The predicted molar refractivity (Wildman–Crippen MR) is 90.2 cm³/mol. The molecule has 0 bridgehead atoms. The third-order valence-corrected chi connectivity index (χ3v) is 3.80. The molecule has 1 atom stereocenters. The Balaban J connectivity index is 1.99. The lowest BCUT2D eigenvalue weighted by Crippen LogP contribution is -2.45. The first kappa shape index (κ1) is 17.1. The van der Waals surface area contributed by atoms with E-state index in [1.54, 1.807) is 13.2 Å². The summed E-state index contributed by atoms with van der Waals surface area (Å²) in [6.07, 6.45) is 3.62. The van der Waals surface area contributed by atoms with Gasteiger partial charge in [-0.15, -0.1) is 0 Å². The molecule has 0 spiro atoms. The van der Waals surface area contributed by atoms with Crippen LogP contribution in [0, 0.1) is 0 Å². The maximum Gasteiger partial charge on any atom is 0.242 e. The second-order valence-corrected chi connectivity index (χ2v) is 5.70. The quantitative estimate of drug-likeness (QED) is 0.824. The van der Waals surface area contributed by atoms with Crippen molar-refractivity contribution in [2.24, 2.45) is 0 Å². The van der Waals surface area contributed by atoms with Gasteiger partial charge >= 0.3 is 0 Å². The van der Waals surface area contributed by atoms with E-state index in [1.165, 1.54) is 5.56 Å². The first-order valence-corrected chi connectivity index (χ1v) is 8.11. The molecule has 5 heteroatoms. The van der Waals surface area contributed by atoms with Gasteiger partial charge in [-0.1, -0.05) is 26.0 Å². The van der Waals surface area contributed by atoms with Gasteiger partial charge in [0.05, 0.1) is 12.7 Å². The van der Waals surface area contributed by atoms with Crippen LogP contribution in [0.2, 0.25) is 0 Å². The molecule has 0 saturated heterocycles. The fraction of sp³-hybridized carbons (Fsp3) is 0.444. The van der Waals surface area contributed by atoms with E-state index in [4.69, 9.17) is 4.42 Å². The number of amides is 2. The van der Waals surface area contributed by atoms with Crippen LogP contribution in [-0.2, 0) is 22.4 Å². The van der Waals surface area contributed by atoms with E-state index >= 15 is 0 Å². The van der Waals surface area contributed by atoms with Gasteiger partial charge in [0.25, 0.3) is 0 Å². The Labute approximate surface area is 136 Å². The molecule has 1 aromatic carbocycles. The number of carbonyl (C=O) groups excluding carboxylic acids is 2. The zero-order valence-electron chi connectivity index (χ0n) is 13.9.